The second-order valence-electron chi connectivity index (χ2n) is 2.58. The van der Waals surface area contributed by atoms with Crippen molar-refractivity contribution in [3.05, 3.63) is 36.2 Å². The average Bonchev–Trinajstić information content (AvgIpc) is 2.72. The summed E-state index contributed by atoms with van der Waals surface area (Å²) in [6, 6.07) is 7.28. The number of rotatable bonds is 3. The van der Waals surface area contributed by atoms with E-state index in [-0.39, 0.29) is 0 Å². The molecule has 1 aromatic carbocycles. The van der Waals surface area contributed by atoms with E-state index in [1.54, 1.807) is 12.1 Å². The maximum atomic E-state index is 10.4. The van der Waals surface area contributed by atoms with E-state index < -0.39 is 0 Å². The van der Waals surface area contributed by atoms with Crippen LogP contribution >= 0.6 is 11.8 Å². The number of hydrogen-bond donors (Lipinski definition) is 1. The number of aromatic nitrogens is 3. The quantitative estimate of drug-likeness (QED) is 0.776. The molecule has 0 amide bonds. The lowest BCUT2D eigenvalue weighted by molar-refractivity contribution is 0.112. The van der Waals surface area contributed by atoms with Crippen LogP contribution < -0.4 is 0 Å². The highest BCUT2D eigenvalue weighted by Crippen LogP contribution is 2.23. The van der Waals surface area contributed by atoms with Crippen molar-refractivity contribution in [1.29, 1.82) is 0 Å². The van der Waals surface area contributed by atoms with Gasteiger partial charge in [0.15, 0.2) is 5.16 Å². The number of benzene rings is 1. The molecule has 2 rings (SSSR count). The summed E-state index contributed by atoms with van der Waals surface area (Å²) in [5.41, 5.74) is 0.673. The molecule has 14 heavy (non-hydrogen) atoms. The Morgan fingerprint density at radius 1 is 1.29 bits per heavy atom. The molecule has 0 unspecified atom stereocenters. The van der Waals surface area contributed by atoms with E-state index in [1.807, 2.05) is 12.1 Å². The van der Waals surface area contributed by atoms with Crippen molar-refractivity contribution in [2.45, 2.75) is 10.1 Å². The van der Waals surface area contributed by atoms with Crippen LogP contribution in [0, 0.1) is 0 Å². The van der Waals surface area contributed by atoms with Gasteiger partial charge < -0.3 is 0 Å². The van der Waals surface area contributed by atoms with Gasteiger partial charge in [-0.2, -0.15) is 5.10 Å². The number of carbonyl (C=O) groups is 1. The van der Waals surface area contributed by atoms with Gasteiger partial charge in [0.05, 0.1) is 0 Å². The molecule has 2 aromatic rings. The van der Waals surface area contributed by atoms with E-state index in [4.69, 9.17) is 0 Å². The molecule has 0 radical (unpaired) electrons. The third-order valence-corrected chi connectivity index (χ3v) is 2.52. The van der Waals surface area contributed by atoms with Gasteiger partial charge in [-0.05, 0) is 12.1 Å². The van der Waals surface area contributed by atoms with Crippen molar-refractivity contribution in [3.8, 4) is 0 Å². The first kappa shape index (κ1) is 8.96. The van der Waals surface area contributed by atoms with Crippen molar-refractivity contribution < 1.29 is 4.79 Å². The summed E-state index contributed by atoms with van der Waals surface area (Å²) in [4.78, 5) is 15.4. The van der Waals surface area contributed by atoms with E-state index in [0.29, 0.717) is 5.56 Å². The highest BCUT2D eigenvalue weighted by atomic mass is 32.2. The molecule has 0 aliphatic carbocycles. The van der Waals surface area contributed by atoms with Gasteiger partial charge in [0, 0.05) is 10.5 Å². The normalized spacial score (nSPS) is 10.0. The number of nitrogens with zero attached hydrogens (tertiary/aromatic N) is 2. The minimum atomic E-state index is 0.673. The van der Waals surface area contributed by atoms with Gasteiger partial charge in [-0.1, -0.05) is 23.9 Å². The molecule has 0 bridgehead atoms. The van der Waals surface area contributed by atoms with Crippen LogP contribution in [0.4, 0.5) is 0 Å². The Morgan fingerprint density at radius 2 is 2.07 bits per heavy atom. The zero-order chi connectivity index (χ0) is 9.80. The molecule has 0 aliphatic heterocycles. The fraction of sp³-hybridized carbons (Fsp3) is 0. The molecule has 0 saturated heterocycles. The number of carbonyl (C=O) groups excluding carboxylic acids is 1. The molecule has 1 N–H and O–H groups in total. The van der Waals surface area contributed by atoms with Gasteiger partial charge in [-0.3, -0.25) is 9.89 Å². The molecule has 5 heteroatoms. The average molecular weight is 205 g/mol. The highest BCUT2D eigenvalue weighted by Gasteiger charge is 1.99. The number of H-pyrrole nitrogens is 1. The number of aldehydes is 1. The molecule has 0 atom stereocenters. The Morgan fingerprint density at radius 3 is 2.64 bits per heavy atom. The predicted molar refractivity (Wildman–Crippen MR) is 52.3 cm³/mol. The molecule has 0 spiro atoms. The van der Waals surface area contributed by atoms with Crippen molar-refractivity contribution in [3.63, 3.8) is 0 Å². The summed E-state index contributed by atoms with van der Waals surface area (Å²) in [6.45, 7) is 0. The van der Waals surface area contributed by atoms with Crippen LogP contribution in [-0.4, -0.2) is 21.5 Å². The first-order chi connectivity index (χ1) is 6.88. The number of aromatic amines is 1. The van der Waals surface area contributed by atoms with Crippen molar-refractivity contribution in [1.82, 2.24) is 15.2 Å². The maximum absolute atomic E-state index is 10.4. The number of hydrogen-bond acceptors (Lipinski definition) is 4. The molecule has 0 saturated carbocycles. The van der Waals surface area contributed by atoms with E-state index in [0.717, 1.165) is 16.3 Å². The van der Waals surface area contributed by atoms with Gasteiger partial charge in [0.1, 0.15) is 12.6 Å². The SMILES string of the molecule is O=Cc1ccc(Sc2ncn[nH]2)cc1. The van der Waals surface area contributed by atoms with Crippen LogP contribution in [0.25, 0.3) is 0 Å². The van der Waals surface area contributed by atoms with Crippen LogP contribution in [0.5, 0.6) is 0 Å². The Hall–Kier alpha value is -1.62. The van der Waals surface area contributed by atoms with Crippen LogP contribution in [0.2, 0.25) is 0 Å². The van der Waals surface area contributed by atoms with E-state index in [2.05, 4.69) is 15.2 Å². The van der Waals surface area contributed by atoms with Crippen LogP contribution in [0.3, 0.4) is 0 Å². The Bertz CT molecular complexity index is 410. The topological polar surface area (TPSA) is 58.6 Å². The molecule has 1 heterocycles. The van der Waals surface area contributed by atoms with Gasteiger partial charge in [0.2, 0.25) is 0 Å². The standard InChI is InChI=1S/C9H7N3OS/c13-5-7-1-3-8(4-2-7)14-9-10-6-11-12-9/h1-6H,(H,10,11,12). The molecular weight excluding hydrogens is 198 g/mol. The molecule has 1 aromatic heterocycles. The maximum Gasteiger partial charge on any atom is 0.188 e. The summed E-state index contributed by atoms with van der Waals surface area (Å²) in [5, 5.41) is 7.23. The van der Waals surface area contributed by atoms with E-state index in [1.165, 1.54) is 18.1 Å². The lowest BCUT2D eigenvalue weighted by Crippen LogP contribution is -1.79. The molecule has 0 fully saturated rings. The molecule has 4 nitrogen and oxygen atoms in total. The second-order valence-corrected chi connectivity index (χ2v) is 3.64. The molecule has 70 valence electrons. The lowest BCUT2D eigenvalue weighted by Gasteiger charge is -1.96. The van der Waals surface area contributed by atoms with Crippen LogP contribution in [0.1, 0.15) is 10.4 Å². The van der Waals surface area contributed by atoms with Crippen LogP contribution in [0.15, 0.2) is 40.6 Å². The third-order valence-electron chi connectivity index (χ3n) is 1.62. The summed E-state index contributed by atoms with van der Waals surface area (Å²) in [7, 11) is 0. The summed E-state index contributed by atoms with van der Waals surface area (Å²) in [6.07, 6.45) is 2.28. The Labute approximate surface area is 84.8 Å². The Balaban J connectivity index is 2.14. The van der Waals surface area contributed by atoms with Gasteiger partial charge in [-0.15, -0.1) is 0 Å². The zero-order valence-electron chi connectivity index (χ0n) is 7.18. The summed E-state index contributed by atoms with van der Waals surface area (Å²) >= 11 is 1.47. The Kier molecular flexibility index (Phi) is 2.60. The second kappa shape index (κ2) is 4.06. The molecule has 0 aliphatic rings. The predicted octanol–water partition coefficient (Wildman–Crippen LogP) is 1.77. The van der Waals surface area contributed by atoms with Crippen LogP contribution in [-0.2, 0) is 0 Å². The monoisotopic (exact) mass is 205 g/mol. The minimum Gasteiger partial charge on any atom is -0.298 e. The first-order valence-electron chi connectivity index (χ1n) is 3.97. The van der Waals surface area contributed by atoms with E-state index >= 15 is 0 Å². The minimum absolute atomic E-state index is 0.673. The van der Waals surface area contributed by atoms with Gasteiger partial charge >= 0.3 is 0 Å². The smallest absolute Gasteiger partial charge is 0.188 e. The fourth-order valence-electron chi connectivity index (χ4n) is 0.970. The largest absolute Gasteiger partial charge is 0.298 e. The summed E-state index contributed by atoms with van der Waals surface area (Å²) in [5.74, 6) is 0. The van der Waals surface area contributed by atoms with Crippen molar-refractivity contribution in [2.24, 2.45) is 0 Å². The lowest BCUT2D eigenvalue weighted by atomic mass is 10.2. The van der Waals surface area contributed by atoms with Crippen molar-refractivity contribution >= 4 is 18.0 Å². The van der Waals surface area contributed by atoms with Gasteiger partial charge in [0.25, 0.3) is 0 Å². The van der Waals surface area contributed by atoms with Gasteiger partial charge in [-0.25, -0.2) is 4.98 Å². The summed E-state index contributed by atoms with van der Waals surface area (Å²) < 4.78 is 0. The van der Waals surface area contributed by atoms with E-state index in [9.17, 15) is 4.79 Å². The first-order valence-corrected chi connectivity index (χ1v) is 4.78. The highest BCUT2D eigenvalue weighted by molar-refractivity contribution is 7.99. The zero-order valence-corrected chi connectivity index (χ0v) is 7.99. The number of nitrogens with one attached hydrogen (secondary N) is 1. The fourth-order valence-corrected chi connectivity index (χ4v) is 1.66. The molecular formula is C9H7N3OS. The third kappa shape index (κ3) is 2.00. The van der Waals surface area contributed by atoms with Crippen molar-refractivity contribution in [2.75, 3.05) is 0 Å².